The van der Waals surface area contributed by atoms with Gasteiger partial charge in [0.05, 0.1) is 24.8 Å². The van der Waals surface area contributed by atoms with Gasteiger partial charge in [0.1, 0.15) is 10.6 Å². The molecule has 23 heavy (non-hydrogen) atoms. The lowest BCUT2D eigenvalue weighted by molar-refractivity contribution is -0.134. The summed E-state index contributed by atoms with van der Waals surface area (Å²) in [4.78, 5) is 11.6. The molecule has 1 N–H and O–H groups in total. The molecule has 2 aromatic heterocycles. The summed E-state index contributed by atoms with van der Waals surface area (Å²) < 4.78 is 48.3. The number of hydrogen-bond donors (Lipinski definition) is 1. The number of carbonyl (C=O) groups excluding carboxylic acids is 1. The van der Waals surface area contributed by atoms with Crippen LogP contribution >= 0.6 is 11.3 Å². The second-order valence-corrected chi connectivity index (χ2v) is 6.08. The van der Waals surface area contributed by atoms with Gasteiger partial charge < -0.3 is 14.6 Å². The van der Waals surface area contributed by atoms with E-state index in [1.54, 1.807) is 6.92 Å². The molecule has 1 amide bonds. The Morgan fingerprint density at radius 1 is 1.48 bits per heavy atom. The maximum Gasteiger partial charge on any atom is 0.425 e. The van der Waals surface area contributed by atoms with Gasteiger partial charge in [0, 0.05) is 6.42 Å². The first kappa shape index (κ1) is 16.0. The van der Waals surface area contributed by atoms with Gasteiger partial charge >= 0.3 is 6.18 Å². The summed E-state index contributed by atoms with van der Waals surface area (Å²) in [6.45, 7) is 2.37. The van der Waals surface area contributed by atoms with Crippen molar-refractivity contribution in [2.45, 2.75) is 32.2 Å². The molecule has 1 aliphatic rings. The molecule has 3 rings (SSSR count). The second kappa shape index (κ2) is 5.97. The molecule has 0 bridgehead atoms. The third-order valence-electron chi connectivity index (χ3n) is 3.55. The first-order chi connectivity index (χ1) is 10.9. The van der Waals surface area contributed by atoms with Crippen molar-refractivity contribution in [2.75, 3.05) is 6.61 Å². The predicted octanol–water partition coefficient (Wildman–Crippen LogP) is 3.32. The smallest absolute Gasteiger partial charge is 0.376 e. The van der Waals surface area contributed by atoms with Crippen LogP contribution in [0.25, 0.3) is 0 Å². The Morgan fingerprint density at radius 2 is 2.26 bits per heavy atom. The lowest BCUT2D eigenvalue weighted by Crippen LogP contribution is -2.28. The van der Waals surface area contributed by atoms with E-state index < -0.39 is 23.0 Å². The number of aromatic nitrogens is 1. The quantitative estimate of drug-likeness (QED) is 0.926. The van der Waals surface area contributed by atoms with Gasteiger partial charge in [-0.25, -0.2) is 0 Å². The highest BCUT2D eigenvalue weighted by Crippen LogP contribution is 2.35. The number of thiophene rings is 1. The van der Waals surface area contributed by atoms with Gasteiger partial charge in [0.15, 0.2) is 5.69 Å². The van der Waals surface area contributed by atoms with Crippen molar-refractivity contribution in [3.63, 3.8) is 0 Å². The average Bonchev–Trinajstić information content (AvgIpc) is 3.14. The largest absolute Gasteiger partial charge is 0.425 e. The third-order valence-corrected chi connectivity index (χ3v) is 4.54. The van der Waals surface area contributed by atoms with E-state index in [0.29, 0.717) is 41.3 Å². The third kappa shape index (κ3) is 3.25. The van der Waals surface area contributed by atoms with Gasteiger partial charge in [-0.15, -0.1) is 11.3 Å². The number of alkyl halides is 3. The molecular weight excluding hydrogens is 333 g/mol. The van der Waals surface area contributed by atoms with Crippen LogP contribution in [0.1, 0.15) is 45.2 Å². The molecule has 2 aromatic rings. The number of nitrogens with one attached hydrogen (secondary N) is 1. The van der Waals surface area contributed by atoms with E-state index in [4.69, 9.17) is 9.26 Å². The van der Waals surface area contributed by atoms with E-state index in [1.165, 1.54) is 5.38 Å². The number of carbonyl (C=O) groups is 1. The maximum atomic E-state index is 12.6. The summed E-state index contributed by atoms with van der Waals surface area (Å²) in [6, 6.07) is 0.462. The van der Waals surface area contributed by atoms with Crippen molar-refractivity contribution < 1.29 is 27.2 Å². The number of ether oxygens (including phenoxy) is 1. The monoisotopic (exact) mass is 346 g/mol. The Kier molecular flexibility index (Phi) is 4.15. The van der Waals surface area contributed by atoms with Gasteiger partial charge in [-0.2, -0.15) is 13.2 Å². The molecule has 1 atom stereocenters. The number of halogens is 3. The highest BCUT2D eigenvalue weighted by molar-refractivity contribution is 7.10. The van der Waals surface area contributed by atoms with E-state index in [-0.39, 0.29) is 12.3 Å². The summed E-state index contributed by atoms with van der Waals surface area (Å²) in [5.74, 6) is 0.122. The number of fused-ring (bicyclic) bond motifs is 1. The molecule has 0 saturated heterocycles. The van der Waals surface area contributed by atoms with Crippen LogP contribution in [0.3, 0.4) is 0 Å². The van der Waals surface area contributed by atoms with Crippen molar-refractivity contribution in [3.05, 3.63) is 38.9 Å². The zero-order valence-electron chi connectivity index (χ0n) is 12.1. The fourth-order valence-corrected chi connectivity index (χ4v) is 3.15. The molecule has 124 valence electrons. The SMILES string of the molecule is C[C@H](NC(=O)c1noc2c1COCC2)c1csc(C(F)(F)F)c1. The summed E-state index contributed by atoms with van der Waals surface area (Å²) in [5, 5.41) is 7.76. The first-order valence-electron chi connectivity index (χ1n) is 6.88. The number of rotatable bonds is 3. The molecule has 0 aliphatic carbocycles. The summed E-state index contributed by atoms with van der Waals surface area (Å²) in [6.07, 6.45) is -3.83. The molecule has 0 aromatic carbocycles. The molecule has 3 heterocycles. The van der Waals surface area contributed by atoms with Crippen LogP contribution < -0.4 is 5.32 Å². The Bertz CT molecular complexity index is 723. The highest BCUT2D eigenvalue weighted by atomic mass is 32.1. The second-order valence-electron chi connectivity index (χ2n) is 5.17. The van der Waals surface area contributed by atoms with Crippen molar-refractivity contribution in [1.82, 2.24) is 10.5 Å². The average molecular weight is 346 g/mol. The standard InChI is InChI=1S/C14H13F3N2O3S/c1-7(8-4-11(23-6-8)14(15,16)17)18-13(20)12-9-5-21-3-2-10(9)22-19-12/h4,6-7H,2-3,5H2,1H3,(H,18,20)/t7-/m0/s1. The topological polar surface area (TPSA) is 64.4 Å². The van der Waals surface area contributed by atoms with E-state index in [9.17, 15) is 18.0 Å². The predicted molar refractivity (Wildman–Crippen MR) is 75.1 cm³/mol. The van der Waals surface area contributed by atoms with E-state index in [1.807, 2.05) is 0 Å². The Labute approximate surface area is 133 Å². The molecular formula is C14H13F3N2O3S. The minimum Gasteiger partial charge on any atom is -0.376 e. The van der Waals surface area contributed by atoms with Crippen LogP contribution in [0.2, 0.25) is 0 Å². The van der Waals surface area contributed by atoms with Gasteiger partial charge in [-0.1, -0.05) is 5.16 Å². The van der Waals surface area contributed by atoms with Crippen molar-refractivity contribution in [2.24, 2.45) is 0 Å². The van der Waals surface area contributed by atoms with Crippen LogP contribution in [0, 0.1) is 0 Å². The van der Waals surface area contributed by atoms with Gasteiger partial charge in [0.2, 0.25) is 0 Å². The van der Waals surface area contributed by atoms with E-state index >= 15 is 0 Å². The molecule has 1 aliphatic heterocycles. The van der Waals surface area contributed by atoms with Crippen LogP contribution in [-0.2, 0) is 23.9 Å². The highest BCUT2D eigenvalue weighted by Gasteiger charge is 2.33. The fraction of sp³-hybridized carbons (Fsp3) is 0.429. The molecule has 0 spiro atoms. The molecule has 0 unspecified atom stereocenters. The normalized spacial score (nSPS) is 16.0. The lowest BCUT2D eigenvalue weighted by Gasteiger charge is -2.13. The molecule has 5 nitrogen and oxygen atoms in total. The minimum absolute atomic E-state index is 0.123. The number of hydrogen-bond acceptors (Lipinski definition) is 5. The van der Waals surface area contributed by atoms with Gasteiger partial charge in [-0.3, -0.25) is 4.79 Å². The van der Waals surface area contributed by atoms with Crippen LogP contribution in [0.4, 0.5) is 13.2 Å². The summed E-state index contributed by atoms with van der Waals surface area (Å²) >= 11 is 0.602. The zero-order valence-corrected chi connectivity index (χ0v) is 12.9. The van der Waals surface area contributed by atoms with Gasteiger partial charge in [0.25, 0.3) is 5.91 Å². The van der Waals surface area contributed by atoms with E-state index in [2.05, 4.69) is 10.5 Å². The summed E-state index contributed by atoms with van der Waals surface area (Å²) in [5.41, 5.74) is 1.12. The molecule has 0 fully saturated rings. The Balaban J connectivity index is 1.72. The molecule has 9 heteroatoms. The zero-order chi connectivity index (χ0) is 16.6. The number of amides is 1. The Hall–Kier alpha value is -1.87. The van der Waals surface area contributed by atoms with Crippen LogP contribution in [-0.4, -0.2) is 17.7 Å². The van der Waals surface area contributed by atoms with E-state index in [0.717, 1.165) is 6.07 Å². The van der Waals surface area contributed by atoms with Crippen LogP contribution in [0.15, 0.2) is 16.0 Å². The molecule has 0 radical (unpaired) electrons. The lowest BCUT2D eigenvalue weighted by atomic mass is 10.1. The summed E-state index contributed by atoms with van der Waals surface area (Å²) in [7, 11) is 0. The van der Waals surface area contributed by atoms with Gasteiger partial charge in [-0.05, 0) is 23.9 Å². The Morgan fingerprint density at radius 3 is 2.96 bits per heavy atom. The van der Waals surface area contributed by atoms with Crippen molar-refractivity contribution in [3.8, 4) is 0 Å². The van der Waals surface area contributed by atoms with Crippen molar-refractivity contribution >= 4 is 17.2 Å². The van der Waals surface area contributed by atoms with Crippen LogP contribution in [0.5, 0.6) is 0 Å². The minimum atomic E-state index is -4.38. The van der Waals surface area contributed by atoms with Crippen molar-refractivity contribution in [1.29, 1.82) is 0 Å². The molecule has 0 saturated carbocycles. The maximum absolute atomic E-state index is 12.6. The number of nitrogens with zero attached hydrogens (tertiary/aromatic N) is 1. The first-order valence-corrected chi connectivity index (χ1v) is 7.76. The fourth-order valence-electron chi connectivity index (χ4n) is 2.28.